The first-order chi connectivity index (χ1) is 11.4. The van der Waals surface area contributed by atoms with Crippen molar-refractivity contribution in [2.24, 2.45) is 11.3 Å². The van der Waals surface area contributed by atoms with E-state index in [0.717, 1.165) is 38.8 Å². The highest BCUT2D eigenvalue weighted by Gasteiger charge is 2.41. The Hall–Kier alpha value is -1.14. The van der Waals surface area contributed by atoms with E-state index in [0.29, 0.717) is 25.7 Å². The lowest BCUT2D eigenvalue weighted by atomic mass is 9.93. The van der Waals surface area contributed by atoms with Crippen molar-refractivity contribution in [2.75, 3.05) is 32.8 Å². The van der Waals surface area contributed by atoms with Crippen LogP contribution in [-0.4, -0.2) is 66.8 Å². The van der Waals surface area contributed by atoms with Crippen LogP contribution in [0.5, 0.6) is 0 Å². The molecule has 2 amide bonds. The molecule has 0 N–H and O–H groups in total. The lowest BCUT2D eigenvalue weighted by Crippen LogP contribution is -2.52. The predicted octanol–water partition coefficient (Wildman–Crippen LogP) is 1.63. The van der Waals surface area contributed by atoms with Gasteiger partial charge in [0.05, 0.1) is 13.2 Å². The number of rotatable bonds is 2. The van der Waals surface area contributed by atoms with E-state index in [9.17, 15) is 9.59 Å². The maximum absolute atomic E-state index is 12.9. The van der Waals surface area contributed by atoms with Crippen LogP contribution < -0.4 is 0 Å². The van der Waals surface area contributed by atoms with Gasteiger partial charge in [0.1, 0.15) is 6.04 Å². The highest BCUT2D eigenvalue weighted by molar-refractivity contribution is 5.90. The zero-order valence-corrected chi connectivity index (χ0v) is 15.1. The molecule has 24 heavy (non-hydrogen) atoms. The third-order valence-corrected chi connectivity index (χ3v) is 5.32. The number of amides is 2. The fourth-order valence-electron chi connectivity index (χ4n) is 3.95. The number of nitrogens with zero attached hydrogens (tertiary/aromatic N) is 2. The van der Waals surface area contributed by atoms with E-state index in [-0.39, 0.29) is 24.1 Å². The molecule has 1 unspecified atom stereocenters. The molecule has 136 valence electrons. The normalized spacial score (nSPS) is 27.0. The van der Waals surface area contributed by atoms with Crippen molar-refractivity contribution in [3.05, 3.63) is 0 Å². The average molecular weight is 338 g/mol. The molecule has 1 atom stereocenters. The Labute approximate surface area is 144 Å². The molecule has 0 aromatic heterocycles. The Morgan fingerprint density at radius 3 is 2.17 bits per heavy atom. The molecule has 6 heteroatoms. The Balaban J connectivity index is 1.57. The maximum atomic E-state index is 12.9. The van der Waals surface area contributed by atoms with Crippen LogP contribution in [0.15, 0.2) is 0 Å². The Morgan fingerprint density at radius 2 is 1.58 bits per heavy atom. The van der Waals surface area contributed by atoms with Gasteiger partial charge in [-0.3, -0.25) is 9.59 Å². The molecule has 3 fully saturated rings. The van der Waals surface area contributed by atoms with E-state index in [1.165, 1.54) is 0 Å². The summed E-state index contributed by atoms with van der Waals surface area (Å²) in [5, 5.41) is 0. The van der Waals surface area contributed by atoms with Crippen LogP contribution in [0, 0.1) is 11.3 Å². The van der Waals surface area contributed by atoms with E-state index >= 15 is 0 Å². The third kappa shape index (κ3) is 3.59. The molecule has 3 aliphatic rings. The maximum Gasteiger partial charge on any atom is 0.245 e. The highest BCUT2D eigenvalue weighted by atomic mass is 16.7. The lowest BCUT2D eigenvalue weighted by molar-refractivity contribution is -0.150. The van der Waals surface area contributed by atoms with Crippen molar-refractivity contribution in [1.29, 1.82) is 0 Å². The molecule has 0 aromatic rings. The van der Waals surface area contributed by atoms with Gasteiger partial charge in [0, 0.05) is 31.0 Å². The lowest BCUT2D eigenvalue weighted by Gasteiger charge is -2.37. The largest absolute Gasteiger partial charge is 0.350 e. The molecule has 0 spiro atoms. The number of ether oxygens (including phenoxy) is 2. The van der Waals surface area contributed by atoms with Crippen LogP contribution in [0.2, 0.25) is 0 Å². The molecule has 3 aliphatic heterocycles. The highest BCUT2D eigenvalue weighted by Crippen LogP contribution is 2.29. The summed E-state index contributed by atoms with van der Waals surface area (Å²) in [5.74, 6) is 0.588. The number of hydrogen-bond donors (Lipinski definition) is 0. The molecule has 0 radical (unpaired) electrons. The first kappa shape index (κ1) is 17.7. The van der Waals surface area contributed by atoms with Gasteiger partial charge < -0.3 is 19.3 Å². The molecule has 0 aliphatic carbocycles. The van der Waals surface area contributed by atoms with E-state index in [4.69, 9.17) is 9.47 Å². The van der Waals surface area contributed by atoms with Crippen molar-refractivity contribution < 1.29 is 19.1 Å². The summed E-state index contributed by atoms with van der Waals surface area (Å²) in [6.07, 6.45) is 3.44. The molecule has 3 rings (SSSR count). The molecule has 0 aromatic carbocycles. The minimum atomic E-state index is -0.437. The summed E-state index contributed by atoms with van der Waals surface area (Å²) in [6, 6.07) is -0.271. The van der Waals surface area contributed by atoms with E-state index in [2.05, 4.69) is 0 Å². The van der Waals surface area contributed by atoms with Gasteiger partial charge in [-0.15, -0.1) is 0 Å². The molecular formula is C18H30N2O4. The van der Waals surface area contributed by atoms with E-state index in [1.807, 2.05) is 25.7 Å². The molecule has 3 saturated heterocycles. The van der Waals surface area contributed by atoms with Gasteiger partial charge in [0.2, 0.25) is 11.8 Å². The summed E-state index contributed by atoms with van der Waals surface area (Å²) < 4.78 is 11.2. The van der Waals surface area contributed by atoms with E-state index in [1.54, 1.807) is 4.90 Å². The predicted molar refractivity (Wildman–Crippen MR) is 89.2 cm³/mol. The minimum absolute atomic E-state index is 0.0843. The van der Waals surface area contributed by atoms with Crippen molar-refractivity contribution >= 4 is 11.8 Å². The second-order valence-electron chi connectivity index (χ2n) is 8.18. The fraction of sp³-hybridized carbons (Fsp3) is 0.889. The smallest absolute Gasteiger partial charge is 0.245 e. The zero-order chi connectivity index (χ0) is 17.3. The first-order valence-electron chi connectivity index (χ1n) is 9.21. The molecule has 6 nitrogen and oxygen atoms in total. The number of carbonyl (C=O) groups excluding carboxylic acids is 2. The third-order valence-electron chi connectivity index (χ3n) is 5.32. The molecule has 0 bridgehead atoms. The second-order valence-corrected chi connectivity index (χ2v) is 8.18. The van der Waals surface area contributed by atoms with Crippen LogP contribution >= 0.6 is 0 Å². The van der Waals surface area contributed by atoms with Crippen molar-refractivity contribution in [3.63, 3.8) is 0 Å². The van der Waals surface area contributed by atoms with Crippen LogP contribution in [0.3, 0.4) is 0 Å². The van der Waals surface area contributed by atoms with Gasteiger partial charge in [0.25, 0.3) is 0 Å². The van der Waals surface area contributed by atoms with Gasteiger partial charge in [-0.1, -0.05) is 20.8 Å². The Kier molecular flexibility index (Phi) is 5.16. The molecule has 3 heterocycles. The fourth-order valence-corrected chi connectivity index (χ4v) is 3.95. The summed E-state index contributed by atoms with van der Waals surface area (Å²) in [5.41, 5.74) is -0.437. The SMILES string of the molecule is CC(C)(C)C(=O)N1CCCC1C(=O)N1CCC(C2OCCO2)CC1. The Morgan fingerprint density at radius 1 is 0.958 bits per heavy atom. The van der Waals surface area contributed by atoms with Crippen molar-refractivity contribution in [3.8, 4) is 0 Å². The van der Waals surface area contributed by atoms with Crippen LogP contribution in [-0.2, 0) is 19.1 Å². The van der Waals surface area contributed by atoms with Crippen LogP contribution in [0.1, 0.15) is 46.5 Å². The molecular weight excluding hydrogens is 308 g/mol. The number of carbonyl (C=O) groups is 2. The number of hydrogen-bond acceptors (Lipinski definition) is 4. The van der Waals surface area contributed by atoms with Crippen LogP contribution in [0.4, 0.5) is 0 Å². The summed E-state index contributed by atoms with van der Waals surface area (Å²) in [4.78, 5) is 29.3. The monoisotopic (exact) mass is 338 g/mol. The average Bonchev–Trinajstić information content (AvgIpc) is 3.24. The second kappa shape index (κ2) is 7.00. The van der Waals surface area contributed by atoms with Crippen molar-refractivity contribution in [2.45, 2.75) is 58.8 Å². The zero-order valence-electron chi connectivity index (χ0n) is 15.1. The summed E-state index contributed by atoms with van der Waals surface area (Å²) in [6.45, 7) is 9.28. The standard InChI is InChI=1S/C18H30N2O4/c1-18(2,3)17(22)20-8-4-5-14(20)15(21)19-9-6-13(7-10-19)16-23-11-12-24-16/h13-14,16H,4-12H2,1-3H3. The Bertz CT molecular complexity index is 474. The van der Waals surface area contributed by atoms with Crippen LogP contribution in [0.25, 0.3) is 0 Å². The van der Waals surface area contributed by atoms with Gasteiger partial charge in [0.15, 0.2) is 6.29 Å². The van der Waals surface area contributed by atoms with E-state index < -0.39 is 5.41 Å². The first-order valence-corrected chi connectivity index (χ1v) is 9.21. The number of likely N-dealkylation sites (tertiary alicyclic amines) is 2. The van der Waals surface area contributed by atoms with Gasteiger partial charge in [-0.2, -0.15) is 0 Å². The quantitative estimate of drug-likeness (QED) is 0.768. The molecule has 0 saturated carbocycles. The summed E-state index contributed by atoms with van der Waals surface area (Å²) >= 11 is 0. The minimum Gasteiger partial charge on any atom is -0.350 e. The van der Waals surface area contributed by atoms with Crippen molar-refractivity contribution in [1.82, 2.24) is 9.80 Å². The topological polar surface area (TPSA) is 59.1 Å². The van der Waals surface area contributed by atoms with Gasteiger partial charge >= 0.3 is 0 Å². The summed E-state index contributed by atoms with van der Waals surface area (Å²) in [7, 11) is 0. The van der Waals surface area contributed by atoms with Gasteiger partial charge in [-0.25, -0.2) is 0 Å². The van der Waals surface area contributed by atoms with Gasteiger partial charge in [-0.05, 0) is 25.7 Å². The number of piperidine rings is 1.